The van der Waals surface area contributed by atoms with Crippen molar-refractivity contribution in [1.29, 1.82) is 0 Å². The van der Waals surface area contributed by atoms with E-state index in [2.05, 4.69) is 5.32 Å². The van der Waals surface area contributed by atoms with Crippen LogP contribution in [0.2, 0.25) is 10.0 Å². The lowest BCUT2D eigenvalue weighted by molar-refractivity contribution is -0.122. The molecule has 6 nitrogen and oxygen atoms in total. The smallest absolute Gasteiger partial charge is 0.335 e. The van der Waals surface area contributed by atoms with Gasteiger partial charge >= 0.3 is 6.03 Å². The molecule has 0 aromatic heterocycles. The van der Waals surface area contributed by atoms with Gasteiger partial charge in [0.2, 0.25) is 0 Å². The van der Waals surface area contributed by atoms with Crippen molar-refractivity contribution in [3.05, 3.63) is 111 Å². The van der Waals surface area contributed by atoms with E-state index in [4.69, 9.17) is 27.9 Å². The van der Waals surface area contributed by atoms with Crippen molar-refractivity contribution in [3.63, 3.8) is 0 Å². The first-order valence-electron chi connectivity index (χ1n) is 11.4. The van der Waals surface area contributed by atoms with Gasteiger partial charge < -0.3 is 4.74 Å². The van der Waals surface area contributed by atoms with Crippen molar-refractivity contribution < 1.29 is 19.1 Å². The van der Waals surface area contributed by atoms with Gasteiger partial charge in [0.15, 0.2) is 0 Å². The summed E-state index contributed by atoms with van der Waals surface area (Å²) in [5.41, 5.74) is 2.35. The highest BCUT2D eigenvalue weighted by Crippen LogP contribution is 2.30. The van der Waals surface area contributed by atoms with Gasteiger partial charge in [-0.25, -0.2) is 9.69 Å². The Morgan fingerprint density at radius 3 is 2.46 bits per heavy atom. The number of benzene rings is 4. The van der Waals surface area contributed by atoms with E-state index < -0.39 is 17.8 Å². The summed E-state index contributed by atoms with van der Waals surface area (Å²) in [5, 5.41) is 5.12. The highest BCUT2D eigenvalue weighted by molar-refractivity contribution is 6.39. The molecule has 0 unspecified atom stereocenters. The largest absolute Gasteiger partial charge is 0.487 e. The topological polar surface area (TPSA) is 75.7 Å². The minimum Gasteiger partial charge on any atom is -0.487 e. The van der Waals surface area contributed by atoms with Gasteiger partial charge in [-0.3, -0.25) is 14.9 Å². The van der Waals surface area contributed by atoms with Gasteiger partial charge in [0, 0.05) is 5.02 Å². The fourth-order valence-corrected chi connectivity index (χ4v) is 4.50. The Hall–Kier alpha value is -4.13. The maximum atomic E-state index is 13.1. The summed E-state index contributed by atoms with van der Waals surface area (Å²) in [6, 6.07) is 22.9. The quantitative estimate of drug-likeness (QED) is 0.230. The number of aryl methyl sites for hydroxylation is 1. The molecule has 4 amide bonds. The first kappa shape index (κ1) is 24.6. The predicted molar refractivity (Wildman–Crippen MR) is 145 cm³/mol. The third-order valence-corrected chi connectivity index (χ3v) is 6.75. The van der Waals surface area contributed by atoms with Crippen LogP contribution >= 0.6 is 23.2 Å². The molecule has 1 N–H and O–H groups in total. The number of imide groups is 2. The number of nitrogens with one attached hydrogen (secondary N) is 1. The first-order valence-corrected chi connectivity index (χ1v) is 12.1. The van der Waals surface area contributed by atoms with E-state index >= 15 is 0 Å². The predicted octanol–water partition coefficient (Wildman–Crippen LogP) is 6.70. The number of barbiturate groups is 1. The van der Waals surface area contributed by atoms with Crippen molar-refractivity contribution >= 4 is 63.6 Å². The minimum atomic E-state index is -0.845. The number of hydrogen-bond donors (Lipinski definition) is 1. The number of ether oxygens (including phenoxy) is 1. The van der Waals surface area contributed by atoms with E-state index in [1.54, 1.807) is 37.3 Å². The van der Waals surface area contributed by atoms with E-state index in [-0.39, 0.29) is 11.3 Å². The zero-order chi connectivity index (χ0) is 26.1. The second-order valence-corrected chi connectivity index (χ2v) is 9.32. The number of carbonyl (C=O) groups excluding carboxylic acids is 3. The number of urea groups is 1. The summed E-state index contributed by atoms with van der Waals surface area (Å²) in [4.78, 5) is 39.0. The second kappa shape index (κ2) is 10.1. The van der Waals surface area contributed by atoms with Crippen molar-refractivity contribution in [2.24, 2.45) is 0 Å². The minimum absolute atomic E-state index is 0.211. The molecule has 0 atom stereocenters. The molecule has 1 fully saturated rings. The van der Waals surface area contributed by atoms with Gasteiger partial charge in [0.05, 0.1) is 10.7 Å². The Morgan fingerprint density at radius 2 is 1.68 bits per heavy atom. The molecule has 1 aliphatic rings. The van der Waals surface area contributed by atoms with Crippen molar-refractivity contribution in [2.45, 2.75) is 13.5 Å². The maximum absolute atomic E-state index is 13.1. The number of halogens is 2. The van der Waals surface area contributed by atoms with Gasteiger partial charge in [0.25, 0.3) is 11.8 Å². The molecule has 8 heteroatoms. The van der Waals surface area contributed by atoms with Crippen LogP contribution in [0.15, 0.2) is 84.4 Å². The van der Waals surface area contributed by atoms with E-state index in [1.807, 2.05) is 42.5 Å². The lowest BCUT2D eigenvalue weighted by Crippen LogP contribution is -2.54. The number of rotatable bonds is 5. The summed E-state index contributed by atoms with van der Waals surface area (Å²) in [6.07, 6.45) is 1.38. The zero-order valence-electron chi connectivity index (χ0n) is 19.6. The molecule has 0 spiro atoms. The number of amides is 4. The van der Waals surface area contributed by atoms with E-state index in [0.717, 1.165) is 26.8 Å². The molecular weight excluding hydrogens is 511 g/mol. The highest BCUT2D eigenvalue weighted by atomic mass is 35.5. The van der Waals surface area contributed by atoms with Crippen LogP contribution in [0.1, 0.15) is 16.7 Å². The maximum Gasteiger partial charge on any atom is 0.335 e. The Kier molecular flexibility index (Phi) is 6.70. The number of hydrogen-bond acceptors (Lipinski definition) is 4. The molecule has 0 radical (unpaired) electrons. The Balaban J connectivity index is 1.38. The Morgan fingerprint density at radius 1 is 0.892 bits per heavy atom. The summed E-state index contributed by atoms with van der Waals surface area (Å²) in [7, 11) is 0. The van der Waals surface area contributed by atoms with Crippen LogP contribution in [-0.2, 0) is 16.2 Å². The third-order valence-electron chi connectivity index (χ3n) is 6.05. The first-order chi connectivity index (χ1) is 17.8. The molecular formula is C29H20Cl2N2O4. The normalized spacial score (nSPS) is 14.8. The van der Waals surface area contributed by atoms with E-state index in [1.165, 1.54) is 12.1 Å². The molecule has 1 aliphatic heterocycles. The SMILES string of the molecule is Cc1ccc(N2C(=O)NC(=O)/C(=C\c3ccc(OCc4cccc5ccccc45)c(Cl)c3)C2=O)cc1Cl. The van der Waals surface area contributed by atoms with Gasteiger partial charge in [-0.2, -0.15) is 0 Å². The zero-order valence-corrected chi connectivity index (χ0v) is 21.1. The van der Waals surface area contributed by atoms with Crippen molar-refractivity contribution in [3.8, 4) is 5.75 Å². The number of anilines is 1. The van der Waals surface area contributed by atoms with Crippen LogP contribution in [0.4, 0.5) is 10.5 Å². The van der Waals surface area contributed by atoms with E-state index in [9.17, 15) is 14.4 Å². The third kappa shape index (κ3) is 4.94. The standard InChI is InChI=1S/C29H20Cl2N2O4/c1-17-9-11-21(15-24(17)30)33-28(35)23(27(34)32-29(33)36)13-18-10-12-26(25(31)14-18)37-16-20-7-4-6-19-5-2-3-8-22(19)20/h2-15H,16H2,1H3,(H,32,34,36)/b23-13+. The summed E-state index contributed by atoms with van der Waals surface area (Å²) in [6.45, 7) is 2.12. The second-order valence-electron chi connectivity index (χ2n) is 8.51. The molecule has 1 heterocycles. The Bertz CT molecular complexity index is 1610. The lowest BCUT2D eigenvalue weighted by Gasteiger charge is -2.26. The van der Waals surface area contributed by atoms with E-state index in [0.29, 0.717) is 28.0 Å². The van der Waals surface area contributed by atoms with Gasteiger partial charge in [0.1, 0.15) is 17.9 Å². The van der Waals surface area contributed by atoms with Crippen LogP contribution in [0.3, 0.4) is 0 Å². The molecule has 184 valence electrons. The van der Waals surface area contributed by atoms with Gasteiger partial charge in [-0.05, 0) is 64.7 Å². The molecule has 4 aromatic rings. The highest BCUT2D eigenvalue weighted by Gasteiger charge is 2.37. The van der Waals surface area contributed by atoms with Crippen LogP contribution in [-0.4, -0.2) is 17.8 Å². The molecule has 4 aromatic carbocycles. The monoisotopic (exact) mass is 530 g/mol. The van der Waals surface area contributed by atoms with Crippen LogP contribution in [0.25, 0.3) is 16.8 Å². The van der Waals surface area contributed by atoms with Crippen LogP contribution in [0.5, 0.6) is 5.75 Å². The van der Waals surface area contributed by atoms with Crippen molar-refractivity contribution in [1.82, 2.24) is 5.32 Å². The summed E-state index contributed by atoms with van der Waals surface area (Å²) >= 11 is 12.6. The van der Waals surface area contributed by atoms with Crippen molar-refractivity contribution in [2.75, 3.05) is 4.90 Å². The van der Waals surface area contributed by atoms with Crippen LogP contribution < -0.4 is 15.0 Å². The number of fused-ring (bicyclic) bond motifs is 1. The number of nitrogens with zero attached hydrogens (tertiary/aromatic N) is 1. The molecule has 5 rings (SSSR count). The van der Waals surface area contributed by atoms with Crippen LogP contribution in [0, 0.1) is 6.92 Å². The average molecular weight is 531 g/mol. The summed E-state index contributed by atoms with van der Waals surface area (Å²) in [5.74, 6) is -1.10. The van der Waals surface area contributed by atoms with Gasteiger partial charge in [-0.1, -0.05) is 77.8 Å². The fraction of sp³-hybridized carbons (Fsp3) is 0.0690. The molecule has 0 aliphatic carbocycles. The molecule has 1 saturated heterocycles. The fourth-order valence-electron chi connectivity index (χ4n) is 4.08. The average Bonchev–Trinajstić information content (AvgIpc) is 2.88. The lowest BCUT2D eigenvalue weighted by atomic mass is 10.1. The summed E-state index contributed by atoms with van der Waals surface area (Å²) < 4.78 is 5.96. The van der Waals surface area contributed by atoms with Gasteiger partial charge in [-0.15, -0.1) is 0 Å². The molecule has 37 heavy (non-hydrogen) atoms. The molecule has 0 saturated carbocycles. The number of carbonyl (C=O) groups is 3. The Labute approximate surface area is 223 Å². The molecule has 0 bridgehead atoms.